The molecule has 0 spiro atoms. The van der Waals surface area contributed by atoms with Gasteiger partial charge < -0.3 is 10.3 Å². The van der Waals surface area contributed by atoms with E-state index in [2.05, 4.69) is 15.4 Å². The van der Waals surface area contributed by atoms with Crippen molar-refractivity contribution in [2.75, 3.05) is 12.5 Å². The van der Waals surface area contributed by atoms with Crippen LogP contribution >= 0.6 is 0 Å². The minimum Gasteiger partial charge on any atom is -0.338 e. The molecule has 6 heteroatoms. The third kappa shape index (κ3) is 3.41. The van der Waals surface area contributed by atoms with Gasteiger partial charge in [-0.15, -0.1) is 0 Å². The first kappa shape index (κ1) is 15.4. The molecule has 19 heavy (non-hydrogen) atoms. The lowest BCUT2D eigenvalue weighted by Crippen LogP contribution is -2.36. The van der Waals surface area contributed by atoms with Crippen LogP contribution in [0.4, 0.5) is 5.69 Å². The maximum absolute atomic E-state index is 12.4. The Morgan fingerprint density at radius 3 is 2.58 bits per heavy atom. The zero-order valence-corrected chi connectivity index (χ0v) is 12.3. The second-order valence-corrected chi connectivity index (χ2v) is 4.96. The first-order valence-electron chi connectivity index (χ1n) is 6.53. The fourth-order valence-corrected chi connectivity index (χ4v) is 1.58. The van der Waals surface area contributed by atoms with E-state index in [-0.39, 0.29) is 17.9 Å². The van der Waals surface area contributed by atoms with E-state index in [0.717, 1.165) is 6.42 Å². The fraction of sp³-hybridized carbons (Fsp3) is 0.615. The van der Waals surface area contributed by atoms with Crippen LogP contribution in [0.15, 0.2) is 6.20 Å². The molecule has 3 N–H and O–H groups in total. The molecule has 1 heterocycles. The van der Waals surface area contributed by atoms with Gasteiger partial charge in [-0.25, -0.2) is 9.97 Å². The Balaban J connectivity index is 3.16. The number of aromatic nitrogens is 2. The van der Waals surface area contributed by atoms with E-state index in [4.69, 9.17) is 5.84 Å². The van der Waals surface area contributed by atoms with Gasteiger partial charge in [-0.1, -0.05) is 20.8 Å². The number of nitrogen functional groups attached to an aromatic ring is 1. The van der Waals surface area contributed by atoms with Crippen molar-refractivity contribution in [2.24, 2.45) is 5.84 Å². The molecule has 1 aromatic heterocycles. The summed E-state index contributed by atoms with van der Waals surface area (Å²) in [6.07, 6.45) is 2.44. The Morgan fingerprint density at radius 1 is 1.47 bits per heavy atom. The molecule has 0 saturated heterocycles. The number of amides is 1. The second kappa shape index (κ2) is 6.47. The molecule has 1 rings (SSSR count). The molecule has 106 valence electrons. The molecule has 0 fully saturated rings. The number of carbonyl (C=O) groups is 1. The van der Waals surface area contributed by atoms with Gasteiger partial charge in [-0.2, -0.15) is 0 Å². The van der Waals surface area contributed by atoms with Crippen LogP contribution in [0, 0.1) is 0 Å². The molecule has 6 nitrogen and oxygen atoms in total. The van der Waals surface area contributed by atoms with Crippen molar-refractivity contribution >= 4 is 11.6 Å². The number of anilines is 1. The van der Waals surface area contributed by atoms with Crippen LogP contribution in [0.3, 0.4) is 0 Å². The molecule has 0 saturated carbocycles. The Hall–Kier alpha value is -1.69. The number of hydrazine groups is 1. The van der Waals surface area contributed by atoms with Gasteiger partial charge in [0.05, 0.1) is 11.9 Å². The van der Waals surface area contributed by atoms with E-state index in [9.17, 15) is 4.79 Å². The van der Waals surface area contributed by atoms with Gasteiger partial charge in [0.1, 0.15) is 5.82 Å². The molecular weight excluding hydrogens is 242 g/mol. The molecule has 0 aromatic carbocycles. The predicted molar refractivity (Wildman–Crippen MR) is 75.8 cm³/mol. The maximum Gasteiger partial charge on any atom is 0.274 e. The number of nitrogens with one attached hydrogen (secondary N) is 1. The van der Waals surface area contributed by atoms with Crippen molar-refractivity contribution in [1.82, 2.24) is 14.9 Å². The van der Waals surface area contributed by atoms with Crippen LogP contribution in [0.2, 0.25) is 0 Å². The summed E-state index contributed by atoms with van der Waals surface area (Å²) in [4.78, 5) is 22.6. The largest absolute Gasteiger partial charge is 0.338 e. The van der Waals surface area contributed by atoms with Crippen LogP contribution < -0.4 is 11.3 Å². The topological polar surface area (TPSA) is 84.1 Å². The number of hydrogen-bond acceptors (Lipinski definition) is 5. The van der Waals surface area contributed by atoms with Gasteiger partial charge in [0.25, 0.3) is 5.91 Å². The molecule has 1 atom stereocenters. The van der Waals surface area contributed by atoms with E-state index in [0.29, 0.717) is 17.2 Å². The van der Waals surface area contributed by atoms with Crippen LogP contribution in [-0.2, 0) is 0 Å². The summed E-state index contributed by atoms with van der Waals surface area (Å²) < 4.78 is 0. The van der Waals surface area contributed by atoms with E-state index >= 15 is 0 Å². The Morgan fingerprint density at radius 2 is 2.11 bits per heavy atom. The monoisotopic (exact) mass is 265 g/mol. The normalized spacial score (nSPS) is 12.4. The predicted octanol–water partition coefficient (Wildman–Crippen LogP) is 1.76. The van der Waals surface area contributed by atoms with E-state index in [1.807, 2.05) is 27.7 Å². The van der Waals surface area contributed by atoms with Crippen molar-refractivity contribution in [3.63, 3.8) is 0 Å². The van der Waals surface area contributed by atoms with E-state index < -0.39 is 0 Å². The van der Waals surface area contributed by atoms with Crippen LogP contribution in [0.1, 0.15) is 56.3 Å². The smallest absolute Gasteiger partial charge is 0.274 e. The Bertz CT molecular complexity index is 447. The Kier molecular flexibility index (Phi) is 5.23. The summed E-state index contributed by atoms with van der Waals surface area (Å²) >= 11 is 0. The molecule has 0 bridgehead atoms. The van der Waals surface area contributed by atoms with Crippen molar-refractivity contribution in [1.29, 1.82) is 0 Å². The van der Waals surface area contributed by atoms with Crippen molar-refractivity contribution < 1.29 is 4.79 Å². The third-order valence-corrected chi connectivity index (χ3v) is 3.25. The minimum absolute atomic E-state index is 0.147. The summed E-state index contributed by atoms with van der Waals surface area (Å²) in [5.74, 6) is 6.07. The molecule has 1 unspecified atom stereocenters. The van der Waals surface area contributed by atoms with Gasteiger partial charge in [-0.05, 0) is 13.3 Å². The van der Waals surface area contributed by atoms with Crippen molar-refractivity contribution in [3.05, 3.63) is 17.7 Å². The first-order chi connectivity index (χ1) is 8.92. The van der Waals surface area contributed by atoms with Crippen LogP contribution in [0.25, 0.3) is 0 Å². The van der Waals surface area contributed by atoms with Crippen LogP contribution in [-0.4, -0.2) is 33.9 Å². The quantitative estimate of drug-likeness (QED) is 0.626. The zero-order chi connectivity index (χ0) is 14.6. The molecule has 1 aromatic rings. The van der Waals surface area contributed by atoms with Gasteiger partial charge in [0, 0.05) is 19.0 Å². The third-order valence-electron chi connectivity index (χ3n) is 3.25. The molecule has 0 aliphatic heterocycles. The van der Waals surface area contributed by atoms with Gasteiger partial charge in [-0.3, -0.25) is 10.6 Å². The van der Waals surface area contributed by atoms with Gasteiger partial charge >= 0.3 is 0 Å². The maximum atomic E-state index is 12.4. The number of hydrogen-bond donors (Lipinski definition) is 2. The summed E-state index contributed by atoms with van der Waals surface area (Å²) in [5, 5.41) is 0. The van der Waals surface area contributed by atoms with Crippen molar-refractivity contribution in [3.8, 4) is 0 Å². The SMILES string of the molecule is CCC(C)N(C)C(=O)c1nc(C(C)C)ncc1NN. The highest BCUT2D eigenvalue weighted by Crippen LogP contribution is 2.18. The minimum atomic E-state index is -0.147. The molecule has 0 radical (unpaired) electrons. The summed E-state index contributed by atoms with van der Waals surface area (Å²) in [6, 6.07) is 0.149. The highest BCUT2D eigenvalue weighted by Gasteiger charge is 2.22. The average Bonchev–Trinajstić information content (AvgIpc) is 2.43. The number of carbonyl (C=O) groups excluding carboxylic acids is 1. The van der Waals surface area contributed by atoms with Crippen molar-refractivity contribution in [2.45, 2.75) is 46.1 Å². The number of nitrogens with two attached hydrogens (primary N) is 1. The highest BCUT2D eigenvalue weighted by molar-refractivity contribution is 5.97. The highest BCUT2D eigenvalue weighted by atomic mass is 16.2. The standard InChI is InChI=1S/C13H23N5O/c1-6-9(4)18(5)13(19)11-10(17-14)7-15-12(16-11)8(2)3/h7-9,17H,6,14H2,1-5H3. The van der Waals surface area contributed by atoms with Gasteiger partial charge in [0.15, 0.2) is 5.69 Å². The number of nitrogens with zero attached hydrogens (tertiary/aromatic N) is 3. The number of rotatable bonds is 5. The fourth-order valence-electron chi connectivity index (χ4n) is 1.58. The molecule has 0 aliphatic rings. The van der Waals surface area contributed by atoms with Gasteiger partial charge in [0.2, 0.25) is 0 Å². The van der Waals surface area contributed by atoms with E-state index in [1.54, 1.807) is 18.1 Å². The summed E-state index contributed by atoms with van der Waals surface area (Å²) in [6.45, 7) is 8.00. The lowest BCUT2D eigenvalue weighted by Gasteiger charge is -2.24. The summed E-state index contributed by atoms with van der Waals surface area (Å²) in [7, 11) is 1.77. The first-order valence-corrected chi connectivity index (χ1v) is 6.53. The second-order valence-electron chi connectivity index (χ2n) is 4.96. The van der Waals surface area contributed by atoms with Crippen LogP contribution in [0.5, 0.6) is 0 Å². The average molecular weight is 265 g/mol. The van der Waals surface area contributed by atoms with E-state index in [1.165, 1.54) is 0 Å². The zero-order valence-electron chi connectivity index (χ0n) is 12.3. The Labute approximate surface area is 114 Å². The molecule has 1 amide bonds. The molecule has 0 aliphatic carbocycles. The lowest BCUT2D eigenvalue weighted by molar-refractivity contribution is 0.0735. The molecular formula is C13H23N5O. The lowest BCUT2D eigenvalue weighted by atomic mass is 10.2. The summed E-state index contributed by atoms with van der Waals surface area (Å²) in [5.41, 5.74) is 3.25.